The molecular formula is C17H16F2N2O5S. The Morgan fingerprint density at radius 1 is 1.11 bits per heavy atom. The molecule has 0 fully saturated rings. The largest absolute Gasteiger partial charge is 0.456 e. The smallest absolute Gasteiger partial charge is 0.387 e. The van der Waals surface area contributed by atoms with Gasteiger partial charge in [-0.15, -0.1) is 11.3 Å². The number of thiophene rings is 1. The molecule has 2 aromatic rings. The van der Waals surface area contributed by atoms with Gasteiger partial charge in [0.05, 0.1) is 11.3 Å². The number of alkyl halides is 2. The number of anilines is 1. The van der Waals surface area contributed by atoms with Gasteiger partial charge in [-0.2, -0.15) is 8.78 Å². The lowest BCUT2D eigenvalue weighted by Gasteiger charge is -2.08. The zero-order chi connectivity index (χ0) is 19.6. The van der Waals surface area contributed by atoms with Gasteiger partial charge in [0.1, 0.15) is 5.75 Å². The van der Waals surface area contributed by atoms with Crippen molar-refractivity contribution in [2.45, 2.75) is 13.0 Å². The first-order valence-corrected chi connectivity index (χ1v) is 8.64. The molecule has 10 heteroatoms. The molecule has 0 saturated carbocycles. The Morgan fingerprint density at radius 3 is 2.48 bits per heavy atom. The van der Waals surface area contributed by atoms with Gasteiger partial charge >= 0.3 is 12.6 Å². The average molecular weight is 398 g/mol. The number of amides is 2. The second kappa shape index (κ2) is 10.2. The van der Waals surface area contributed by atoms with Crippen LogP contribution in [-0.2, 0) is 14.3 Å². The third-order valence-corrected chi connectivity index (χ3v) is 3.96. The highest BCUT2D eigenvalue weighted by Gasteiger charge is 2.10. The van der Waals surface area contributed by atoms with E-state index in [4.69, 9.17) is 4.74 Å². The van der Waals surface area contributed by atoms with Crippen LogP contribution in [0.25, 0.3) is 0 Å². The first-order valence-electron chi connectivity index (χ1n) is 7.76. The molecule has 144 valence electrons. The maximum absolute atomic E-state index is 12.0. The fourth-order valence-electron chi connectivity index (χ4n) is 1.91. The fourth-order valence-corrected chi connectivity index (χ4v) is 2.55. The van der Waals surface area contributed by atoms with E-state index < -0.39 is 25.1 Å². The highest BCUT2D eigenvalue weighted by Crippen LogP contribution is 2.17. The van der Waals surface area contributed by atoms with E-state index in [1.54, 1.807) is 17.5 Å². The summed E-state index contributed by atoms with van der Waals surface area (Å²) in [6, 6.07) is 8.68. The maximum Gasteiger partial charge on any atom is 0.387 e. The SMILES string of the molecule is O=C(COC(=O)CCNC(=O)c1cccs1)Nc1ccc(OC(F)F)cc1. The van der Waals surface area contributed by atoms with E-state index in [1.165, 1.54) is 35.6 Å². The van der Waals surface area contributed by atoms with Crippen molar-refractivity contribution < 1.29 is 32.6 Å². The van der Waals surface area contributed by atoms with Crippen molar-refractivity contribution in [2.75, 3.05) is 18.5 Å². The van der Waals surface area contributed by atoms with Crippen LogP contribution >= 0.6 is 11.3 Å². The second-order valence-corrected chi connectivity index (χ2v) is 6.04. The molecule has 2 amide bonds. The Kier molecular flexibility index (Phi) is 7.68. The number of benzene rings is 1. The van der Waals surface area contributed by atoms with Crippen LogP contribution in [0.5, 0.6) is 5.75 Å². The second-order valence-electron chi connectivity index (χ2n) is 5.09. The monoisotopic (exact) mass is 398 g/mol. The number of hydrogen-bond donors (Lipinski definition) is 2. The lowest BCUT2D eigenvalue weighted by atomic mass is 10.3. The number of hydrogen-bond acceptors (Lipinski definition) is 6. The van der Waals surface area contributed by atoms with E-state index >= 15 is 0 Å². The van der Waals surface area contributed by atoms with Crippen LogP contribution in [0, 0.1) is 0 Å². The van der Waals surface area contributed by atoms with Crippen LogP contribution in [-0.4, -0.2) is 37.5 Å². The molecule has 0 spiro atoms. The third-order valence-electron chi connectivity index (χ3n) is 3.09. The summed E-state index contributed by atoms with van der Waals surface area (Å²) in [5.74, 6) is -1.56. The minimum Gasteiger partial charge on any atom is -0.456 e. The summed E-state index contributed by atoms with van der Waals surface area (Å²) in [6.07, 6.45) is -0.0793. The summed E-state index contributed by atoms with van der Waals surface area (Å²) in [4.78, 5) is 35.5. The zero-order valence-corrected chi connectivity index (χ0v) is 14.8. The Balaban J connectivity index is 1.64. The first-order chi connectivity index (χ1) is 12.9. The van der Waals surface area contributed by atoms with E-state index in [0.29, 0.717) is 10.6 Å². The van der Waals surface area contributed by atoms with Crippen LogP contribution in [0.4, 0.5) is 14.5 Å². The normalized spacial score (nSPS) is 10.3. The van der Waals surface area contributed by atoms with Crippen LogP contribution in [0.1, 0.15) is 16.1 Å². The number of halogens is 2. The quantitative estimate of drug-likeness (QED) is 0.634. The lowest BCUT2D eigenvalue weighted by molar-refractivity contribution is -0.147. The minimum absolute atomic E-state index is 0.0426. The molecule has 0 radical (unpaired) electrons. The van der Waals surface area contributed by atoms with Crippen LogP contribution < -0.4 is 15.4 Å². The molecule has 0 aliphatic rings. The molecule has 0 aliphatic carbocycles. The molecule has 1 heterocycles. The highest BCUT2D eigenvalue weighted by atomic mass is 32.1. The molecule has 2 rings (SSSR count). The third kappa shape index (κ3) is 7.40. The lowest BCUT2D eigenvalue weighted by Crippen LogP contribution is -2.27. The van der Waals surface area contributed by atoms with Crippen LogP contribution in [0.3, 0.4) is 0 Å². The first kappa shape index (κ1) is 20.3. The molecular weight excluding hydrogens is 382 g/mol. The fraction of sp³-hybridized carbons (Fsp3) is 0.235. The molecule has 2 N–H and O–H groups in total. The summed E-state index contributed by atoms with van der Waals surface area (Å²) < 4.78 is 33.1. The maximum atomic E-state index is 12.0. The number of rotatable bonds is 9. The Labute approximate surface area is 157 Å². The molecule has 0 unspecified atom stereocenters. The van der Waals surface area contributed by atoms with Gasteiger partial charge in [0.25, 0.3) is 11.8 Å². The van der Waals surface area contributed by atoms with Gasteiger partial charge in [-0.3, -0.25) is 14.4 Å². The topological polar surface area (TPSA) is 93.7 Å². The van der Waals surface area contributed by atoms with E-state index in [-0.39, 0.29) is 24.6 Å². The summed E-state index contributed by atoms with van der Waals surface area (Å²) in [5.41, 5.74) is 0.334. The van der Waals surface area contributed by atoms with Crippen molar-refractivity contribution in [3.05, 3.63) is 46.7 Å². The molecule has 0 aliphatic heterocycles. The van der Waals surface area contributed by atoms with Crippen molar-refractivity contribution in [1.29, 1.82) is 0 Å². The van der Waals surface area contributed by atoms with Gasteiger partial charge < -0.3 is 20.1 Å². The van der Waals surface area contributed by atoms with Gasteiger partial charge in [-0.1, -0.05) is 6.07 Å². The molecule has 1 aromatic carbocycles. The van der Waals surface area contributed by atoms with Crippen molar-refractivity contribution in [3.8, 4) is 5.75 Å². The summed E-state index contributed by atoms with van der Waals surface area (Å²) in [6.45, 7) is -3.35. The van der Waals surface area contributed by atoms with Gasteiger partial charge in [0.2, 0.25) is 0 Å². The number of nitrogens with one attached hydrogen (secondary N) is 2. The molecule has 1 aromatic heterocycles. The summed E-state index contributed by atoms with van der Waals surface area (Å²) in [5, 5.41) is 6.78. The highest BCUT2D eigenvalue weighted by molar-refractivity contribution is 7.12. The molecule has 0 atom stereocenters. The minimum atomic E-state index is -2.93. The van der Waals surface area contributed by atoms with Gasteiger partial charge in [0, 0.05) is 12.2 Å². The number of carbonyl (C=O) groups excluding carboxylic acids is 3. The molecule has 27 heavy (non-hydrogen) atoms. The van der Waals surface area contributed by atoms with E-state index in [9.17, 15) is 23.2 Å². The van der Waals surface area contributed by atoms with Gasteiger partial charge in [0.15, 0.2) is 6.61 Å². The van der Waals surface area contributed by atoms with Crippen LogP contribution in [0.15, 0.2) is 41.8 Å². The Bertz CT molecular complexity index is 766. The number of esters is 1. The Hall–Kier alpha value is -3.01. The van der Waals surface area contributed by atoms with E-state index in [1.807, 2.05) is 0 Å². The van der Waals surface area contributed by atoms with Gasteiger partial charge in [-0.25, -0.2) is 0 Å². The van der Waals surface area contributed by atoms with Crippen molar-refractivity contribution in [1.82, 2.24) is 5.32 Å². The van der Waals surface area contributed by atoms with Crippen molar-refractivity contribution >= 4 is 34.8 Å². The molecule has 0 saturated heterocycles. The van der Waals surface area contributed by atoms with Crippen LogP contribution in [0.2, 0.25) is 0 Å². The zero-order valence-electron chi connectivity index (χ0n) is 13.9. The molecule has 7 nitrogen and oxygen atoms in total. The number of carbonyl (C=O) groups is 3. The van der Waals surface area contributed by atoms with Crippen molar-refractivity contribution in [3.63, 3.8) is 0 Å². The summed E-state index contributed by atoms with van der Waals surface area (Å²) in [7, 11) is 0. The van der Waals surface area contributed by atoms with Crippen molar-refractivity contribution in [2.24, 2.45) is 0 Å². The summed E-state index contributed by atoms with van der Waals surface area (Å²) >= 11 is 1.28. The average Bonchev–Trinajstić information content (AvgIpc) is 3.16. The standard InChI is InChI=1S/C17H16F2N2O5S/c18-17(19)26-12-5-3-11(4-6-12)21-14(22)10-25-15(23)7-8-20-16(24)13-2-1-9-27-13/h1-6,9,17H,7-8,10H2,(H,20,24)(H,21,22). The van der Waals surface area contributed by atoms with Gasteiger partial charge in [-0.05, 0) is 35.7 Å². The predicted octanol–water partition coefficient (Wildman–Crippen LogP) is 2.65. The van der Waals surface area contributed by atoms with E-state index in [2.05, 4.69) is 15.4 Å². The molecule has 0 bridgehead atoms. The van der Waals surface area contributed by atoms with E-state index in [0.717, 1.165) is 0 Å². The Morgan fingerprint density at radius 2 is 1.85 bits per heavy atom. The predicted molar refractivity (Wildman–Crippen MR) is 93.9 cm³/mol. The number of ether oxygens (including phenoxy) is 2.